The van der Waals surface area contributed by atoms with Crippen LogP contribution in [0.1, 0.15) is 20.3 Å². The van der Waals surface area contributed by atoms with Gasteiger partial charge in [0.1, 0.15) is 5.75 Å². The van der Waals surface area contributed by atoms with Gasteiger partial charge in [0.2, 0.25) is 5.91 Å². The summed E-state index contributed by atoms with van der Waals surface area (Å²) < 4.78 is 5.67. The largest absolute Gasteiger partial charge is 0.494 e. The Hall–Kier alpha value is -2.20. The minimum absolute atomic E-state index is 0.116. The number of benzene rings is 2. The van der Waals surface area contributed by atoms with Gasteiger partial charge in [-0.25, -0.2) is 0 Å². The highest BCUT2D eigenvalue weighted by Crippen LogP contribution is 2.17. The molecule has 2 aromatic rings. The van der Waals surface area contributed by atoms with Gasteiger partial charge in [0.15, 0.2) is 0 Å². The van der Waals surface area contributed by atoms with Crippen molar-refractivity contribution in [2.45, 2.75) is 20.3 Å². The number of carbonyl (C=O) groups excluding carboxylic acids is 1. The van der Waals surface area contributed by atoms with Crippen LogP contribution in [0.3, 0.4) is 0 Å². The highest BCUT2D eigenvalue weighted by atomic mass is 35.5. The van der Waals surface area contributed by atoms with Crippen LogP contribution in [0.2, 0.25) is 5.02 Å². The maximum absolute atomic E-state index is 11.9. The summed E-state index contributed by atoms with van der Waals surface area (Å²) in [7, 11) is 0. The summed E-state index contributed by atoms with van der Waals surface area (Å²) in [4.78, 5) is 11.9. The number of amides is 1. The molecule has 0 unspecified atom stereocenters. The minimum Gasteiger partial charge on any atom is -0.494 e. The molecule has 24 heavy (non-hydrogen) atoms. The zero-order chi connectivity index (χ0) is 17.4. The smallest absolute Gasteiger partial charge is 0.243 e. The van der Waals surface area contributed by atoms with E-state index < -0.39 is 0 Å². The van der Waals surface area contributed by atoms with Crippen molar-refractivity contribution in [3.63, 3.8) is 0 Å². The zero-order valence-corrected chi connectivity index (χ0v) is 14.8. The lowest BCUT2D eigenvalue weighted by molar-refractivity contribution is -0.114. The van der Waals surface area contributed by atoms with E-state index >= 15 is 0 Å². The van der Waals surface area contributed by atoms with Crippen molar-refractivity contribution in [3.8, 4) is 5.75 Å². The second-order valence-electron chi connectivity index (χ2n) is 5.96. The third kappa shape index (κ3) is 6.50. The Morgan fingerprint density at radius 2 is 1.67 bits per heavy atom. The monoisotopic (exact) mass is 346 g/mol. The molecule has 2 aromatic carbocycles. The zero-order valence-electron chi connectivity index (χ0n) is 14.0. The van der Waals surface area contributed by atoms with Gasteiger partial charge in [-0.3, -0.25) is 4.79 Å². The first kappa shape index (κ1) is 18.1. The SMILES string of the molecule is CC(C)CCOc1ccc(NCC(=O)Nc2ccc(Cl)cc2)cc1. The van der Waals surface area contributed by atoms with E-state index in [0.717, 1.165) is 23.5 Å². The maximum Gasteiger partial charge on any atom is 0.243 e. The topological polar surface area (TPSA) is 50.4 Å². The average molecular weight is 347 g/mol. The van der Waals surface area contributed by atoms with E-state index in [1.54, 1.807) is 24.3 Å². The van der Waals surface area contributed by atoms with Crippen molar-refractivity contribution in [3.05, 3.63) is 53.6 Å². The van der Waals surface area contributed by atoms with Crippen LogP contribution in [0.5, 0.6) is 5.75 Å². The van der Waals surface area contributed by atoms with Crippen LogP contribution < -0.4 is 15.4 Å². The van der Waals surface area contributed by atoms with Crippen LogP contribution in [0.4, 0.5) is 11.4 Å². The predicted octanol–water partition coefficient (Wildman–Crippen LogP) is 4.82. The molecular formula is C19H23ClN2O2. The van der Waals surface area contributed by atoms with E-state index in [1.165, 1.54) is 0 Å². The third-order valence-electron chi connectivity index (χ3n) is 3.40. The first-order valence-electron chi connectivity index (χ1n) is 8.05. The van der Waals surface area contributed by atoms with E-state index in [9.17, 15) is 4.79 Å². The molecule has 0 aliphatic heterocycles. The van der Waals surface area contributed by atoms with E-state index in [0.29, 0.717) is 17.5 Å². The Morgan fingerprint density at radius 1 is 1.04 bits per heavy atom. The van der Waals surface area contributed by atoms with Crippen LogP contribution in [-0.4, -0.2) is 19.1 Å². The third-order valence-corrected chi connectivity index (χ3v) is 3.65. The number of hydrogen-bond acceptors (Lipinski definition) is 3. The van der Waals surface area contributed by atoms with Gasteiger partial charge in [0.25, 0.3) is 0 Å². The number of carbonyl (C=O) groups is 1. The Labute approximate surface area is 148 Å². The fourth-order valence-corrected chi connectivity index (χ4v) is 2.13. The molecule has 0 aromatic heterocycles. The second kappa shape index (κ2) is 9.18. The summed E-state index contributed by atoms with van der Waals surface area (Å²) in [6.07, 6.45) is 1.03. The van der Waals surface area contributed by atoms with Crippen molar-refractivity contribution >= 4 is 28.9 Å². The number of rotatable bonds is 8. The number of halogens is 1. The van der Waals surface area contributed by atoms with Crippen molar-refractivity contribution < 1.29 is 9.53 Å². The van der Waals surface area contributed by atoms with E-state index in [-0.39, 0.29) is 12.5 Å². The summed E-state index contributed by atoms with van der Waals surface area (Å²) in [6.45, 7) is 5.25. The van der Waals surface area contributed by atoms with Crippen LogP contribution >= 0.6 is 11.6 Å². The molecular weight excluding hydrogens is 324 g/mol. The lowest BCUT2D eigenvalue weighted by atomic mass is 10.1. The predicted molar refractivity (Wildman–Crippen MR) is 100.0 cm³/mol. The number of ether oxygens (including phenoxy) is 1. The Balaban J connectivity index is 1.75. The molecule has 0 bridgehead atoms. The highest BCUT2D eigenvalue weighted by molar-refractivity contribution is 6.30. The molecule has 4 nitrogen and oxygen atoms in total. The van der Waals surface area contributed by atoms with Gasteiger partial charge in [0.05, 0.1) is 13.2 Å². The molecule has 0 atom stereocenters. The van der Waals surface area contributed by atoms with Gasteiger partial charge in [-0.15, -0.1) is 0 Å². The van der Waals surface area contributed by atoms with Crippen molar-refractivity contribution in [2.24, 2.45) is 5.92 Å². The van der Waals surface area contributed by atoms with Gasteiger partial charge in [-0.05, 0) is 60.9 Å². The van der Waals surface area contributed by atoms with Crippen molar-refractivity contribution in [1.29, 1.82) is 0 Å². The average Bonchev–Trinajstić information content (AvgIpc) is 2.56. The summed E-state index contributed by atoms with van der Waals surface area (Å²) in [5, 5.41) is 6.53. The van der Waals surface area contributed by atoms with Gasteiger partial charge in [-0.2, -0.15) is 0 Å². The molecule has 5 heteroatoms. The van der Waals surface area contributed by atoms with Crippen LogP contribution in [0.25, 0.3) is 0 Å². The van der Waals surface area contributed by atoms with Gasteiger partial charge >= 0.3 is 0 Å². The first-order valence-corrected chi connectivity index (χ1v) is 8.43. The molecule has 0 fully saturated rings. The first-order chi connectivity index (χ1) is 11.5. The van der Waals surface area contributed by atoms with E-state index in [1.807, 2.05) is 24.3 Å². The molecule has 0 saturated heterocycles. The fourth-order valence-electron chi connectivity index (χ4n) is 2.00. The highest BCUT2D eigenvalue weighted by Gasteiger charge is 2.03. The molecule has 2 N–H and O–H groups in total. The van der Waals surface area contributed by atoms with E-state index in [4.69, 9.17) is 16.3 Å². The summed E-state index contributed by atoms with van der Waals surface area (Å²) >= 11 is 5.81. The minimum atomic E-state index is -0.116. The molecule has 0 saturated carbocycles. The number of nitrogens with one attached hydrogen (secondary N) is 2. The normalized spacial score (nSPS) is 10.5. The molecule has 1 amide bonds. The summed E-state index contributed by atoms with van der Waals surface area (Å²) in [5.74, 6) is 1.35. The Morgan fingerprint density at radius 3 is 2.29 bits per heavy atom. The molecule has 128 valence electrons. The molecule has 0 spiro atoms. The quantitative estimate of drug-likeness (QED) is 0.720. The van der Waals surface area contributed by atoms with Crippen LogP contribution in [-0.2, 0) is 4.79 Å². The van der Waals surface area contributed by atoms with Gasteiger partial charge in [0, 0.05) is 16.4 Å². The standard InChI is InChI=1S/C19H23ClN2O2/c1-14(2)11-12-24-18-9-7-16(8-10-18)21-13-19(23)22-17-5-3-15(20)4-6-17/h3-10,14,21H,11-13H2,1-2H3,(H,22,23). The van der Waals surface area contributed by atoms with Crippen LogP contribution in [0, 0.1) is 5.92 Å². The van der Waals surface area contributed by atoms with Crippen molar-refractivity contribution in [2.75, 3.05) is 23.8 Å². The van der Waals surface area contributed by atoms with Crippen molar-refractivity contribution in [1.82, 2.24) is 0 Å². The lowest BCUT2D eigenvalue weighted by Gasteiger charge is -2.10. The fraction of sp³-hybridized carbons (Fsp3) is 0.316. The molecule has 2 rings (SSSR count). The van der Waals surface area contributed by atoms with Gasteiger partial charge < -0.3 is 15.4 Å². The lowest BCUT2D eigenvalue weighted by Crippen LogP contribution is -2.21. The summed E-state index contributed by atoms with van der Waals surface area (Å²) in [5.41, 5.74) is 1.59. The molecule has 0 aliphatic carbocycles. The Bertz CT molecular complexity index is 639. The number of anilines is 2. The van der Waals surface area contributed by atoms with Crippen LogP contribution in [0.15, 0.2) is 48.5 Å². The summed E-state index contributed by atoms with van der Waals surface area (Å²) in [6, 6.07) is 14.6. The maximum atomic E-state index is 11.9. The van der Waals surface area contributed by atoms with Gasteiger partial charge in [-0.1, -0.05) is 25.4 Å². The Kier molecular flexibility index (Phi) is 6.94. The number of hydrogen-bond donors (Lipinski definition) is 2. The molecule has 0 radical (unpaired) electrons. The second-order valence-corrected chi connectivity index (χ2v) is 6.40. The molecule has 0 heterocycles. The van der Waals surface area contributed by atoms with E-state index in [2.05, 4.69) is 24.5 Å². The molecule has 0 aliphatic rings.